The van der Waals surface area contributed by atoms with Crippen LogP contribution in [-0.2, 0) is 6.42 Å². The molecule has 0 radical (unpaired) electrons. The number of hydrogen-bond donors (Lipinski definition) is 1. The molecule has 0 aromatic carbocycles. The number of methoxy groups -OCH3 is 2. The summed E-state index contributed by atoms with van der Waals surface area (Å²) in [6.45, 7) is 1.93. The molecule has 116 valence electrons. The molecule has 1 amide bonds. The number of carbonyl (C=O) groups is 1. The Morgan fingerprint density at radius 3 is 2.68 bits per heavy atom. The van der Waals surface area contributed by atoms with E-state index in [1.165, 1.54) is 14.2 Å². The molecule has 1 N–H and O–H groups in total. The number of amides is 1. The Labute approximate surface area is 129 Å². The van der Waals surface area contributed by atoms with Gasteiger partial charge in [0.05, 0.1) is 14.2 Å². The lowest BCUT2D eigenvalue weighted by molar-refractivity contribution is 0.0936. The van der Waals surface area contributed by atoms with Gasteiger partial charge in [-0.3, -0.25) is 9.78 Å². The number of aromatic nitrogens is 2. The summed E-state index contributed by atoms with van der Waals surface area (Å²) in [5, 5.41) is 2.92. The third-order valence-electron chi connectivity index (χ3n) is 3.10. The fourth-order valence-electron chi connectivity index (χ4n) is 2.05. The van der Waals surface area contributed by atoms with Crippen molar-refractivity contribution in [2.45, 2.75) is 19.4 Å². The molecule has 22 heavy (non-hydrogen) atoms. The van der Waals surface area contributed by atoms with Crippen molar-refractivity contribution >= 4 is 5.91 Å². The zero-order valence-electron chi connectivity index (χ0n) is 12.9. The van der Waals surface area contributed by atoms with Crippen LogP contribution in [0.4, 0.5) is 0 Å². The Kier molecular flexibility index (Phi) is 5.30. The number of ether oxygens (including phenoxy) is 2. The average Bonchev–Trinajstić information content (AvgIpc) is 2.54. The van der Waals surface area contributed by atoms with Gasteiger partial charge in [0.1, 0.15) is 5.56 Å². The number of carbonyl (C=O) groups excluding carboxylic acids is 1. The molecule has 0 saturated heterocycles. The van der Waals surface area contributed by atoms with Crippen molar-refractivity contribution in [3.63, 3.8) is 0 Å². The maximum atomic E-state index is 12.3. The summed E-state index contributed by atoms with van der Waals surface area (Å²) in [5.74, 6) is 0.396. The lowest BCUT2D eigenvalue weighted by Gasteiger charge is -2.15. The molecule has 0 bridgehead atoms. The molecular weight excluding hydrogens is 282 g/mol. The zero-order chi connectivity index (χ0) is 15.9. The first kappa shape index (κ1) is 15.8. The number of pyridine rings is 2. The molecule has 0 aliphatic rings. The monoisotopic (exact) mass is 301 g/mol. The summed E-state index contributed by atoms with van der Waals surface area (Å²) in [4.78, 5) is 20.7. The van der Waals surface area contributed by atoms with Crippen LogP contribution in [0, 0.1) is 0 Å². The molecule has 2 rings (SSSR count). The van der Waals surface area contributed by atoms with E-state index in [1.54, 1.807) is 18.3 Å². The summed E-state index contributed by atoms with van der Waals surface area (Å²) in [6, 6.07) is 8.91. The molecule has 0 aliphatic carbocycles. The van der Waals surface area contributed by atoms with Gasteiger partial charge in [-0.1, -0.05) is 6.07 Å². The predicted molar refractivity (Wildman–Crippen MR) is 82.2 cm³/mol. The second kappa shape index (κ2) is 7.40. The third-order valence-corrected chi connectivity index (χ3v) is 3.10. The van der Waals surface area contributed by atoms with Crippen LogP contribution in [0.3, 0.4) is 0 Å². The largest absolute Gasteiger partial charge is 0.481 e. The molecule has 0 aliphatic heterocycles. The maximum Gasteiger partial charge on any atom is 0.256 e. The molecule has 1 atom stereocenters. The quantitative estimate of drug-likeness (QED) is 0.881. The van der Waals surface area contributed by atoms with Crippen LogP contribution < -0.4 is 14.8 Å². The second-order valence-corrected chi connectivity index (χ2v) is 4.81. The highest BCUT2D eigenvalue weighted by Gasteiger charge is 2.17. The van der Waals surface area contributed by atoms with Gasteiger partial charge in [-0.15, -0.1) is 0 Å². The number of nitrogens with one attached hydrogen (secondary N) is 1. The average molecular weight is 301 g/mol. The minimum Gasteiger partial charge on any atom is -0.481 e. The normalized spacial score (nSPS) is 11.6. The molecule has 0 fully saturated rings. The van der Waals surface area contributed by atoms with E-state index >= 15 is 0 Å². The fourth-order valence-corrected chi connectivity index (χ4v) is 2.05. The van der Waals surface area contributed by atoms with Crippen LogP contribution in [0.1, 0.15) is 23.0 Å². The first-order valence-corrected chi connectivity index (χ1v) is 6.94. The van der Waals surface area contributed by atoms with Gasteiger partial charge in [0.25, 0.3) is 5.91 Å². The first-order valence-electron chi connectivity index (χ1n) is 6.94. The van der Waals surface area contributed by atoms with Gasteiger partial charge in [-0.05, 0) is 25.1 Å². The first-order chi connectivity index (χ1) is 10.6. The summed E-state index contributed by atoms with van der Waals surface area (Å²) in [6.07, 6.45) is 2.39. The van der Waals surface area contributed by atoms with Gasteiger partial charge < -0.3 is 14.8 Å². The molecule has 1 unspecified atom stereocenters. The number of hydrogen-bond acceptors (Lipinski definition) is 5. The van der Waals surface area contributed by atoms with Crippen LogP contribution in [0.2, 0.25) is 0 Å². The lowest BCUT2D eigenvalue weighted by atomic mass is 10.1. The Bertz CT molecular complexity index is 632. The summed E-state index contributed by atoms with van der Waals surface area (Å²) in [5.41, 5.74) is 1.30. The summed E-state index contributed by atoms with van der Waals surface area (Å²) in [7, 11) is 2.98. The van der Waals surface area contributed by atoms with Crippen LogP contribution in [-0.4, -0.2) is 36.1 Å². The number of nitrogens with zero attached hydrogens (tertiary/aromatic N) is 2. The van der Waals surface area contributed by atoms with Crippen molar-refractivity contribution in [3.05, 3.63) is 47.8 Å². The third kappa shape index (κ3) is 3.94. The Morgan fingerprint density at radius 2 is 2.05 bits per heavy atom. The smallest absolute Gasteiger partial charge is 0.256 e. The zero-order valence-corrected chi connectivity index (χ0v) is 12.9. The van der Waals surface area contributed by atoms with Crippen LogP contribution in [0.15, 0.2) is 36.5 Å². The Balaban J connectivity index is 2.05. The molecule has 2 aromatic heterocycles. The molecule has 2 aromatic rings. The fraction of sp³-hybridized carbons (Fsp3) is 0.312. The minimum absolute atomic E-state index is 0.0609. The molecule has 6 heteroatoms. The topological polar surface area (TPSA) is 73.3 Å². The van der Waals surface area contributed by atoms with E-state index in [-0.39, 0.29) is 17.8 Å². The van der Waals surface area contributed by atoms with E-state index in [1.807, 2.05) is 25.1 Å². The van der Waals surface area contributed by atoms with E-state index < -0.39 is 0 Å². The Hall–Kier alpha value is -2.63. The van der Waals surface area contributed by atoms with Crippen LogP contribution >= 0.6 is 0 Å². The van der Waals surface area contributed by atoms with Gasteiger partial charge in [-0.25, -0.2) is 0 Å². The van der Waals surface area contributed by atoms with Crippen molar-refractivity contribution in [1.29, 1.82) is 0 Å². The summed E-state index contributed by atoms with van der Waals surface area (Å²) < 4.78 is 10.2. The highest BCUT2D eigenvalue weighted by Crippen LogP contribution is 2.19. The van der Waals surface area contributed by atoms with E-state index in [2.05, 4.69) is 15.3 Å². The maximum absolute atomic E-state index is 12.3. The standard InChI is InChI=1S/C16H19N3O3/c1-11(10-12-6-4-5-9-17-12)18-15(20)13-7-8-14(21-2)19-16(13)22-3/h4-9,11H,10H2,1-3H3,(H,18,20). The van der Waals surface area contributed by atoms with Gasteiger partial charge >= 0.3 is 0 Å². The molecule has 0 saturated carbocycles. The highest BCUT2D eigenvalue weighted by atomic mass is 16.5. The summed E-state index contributed by atoms with van der Waals surface area (Å²) >= 11 is 0. The molecule has 0 spiro atoms. The highest BCUT2D eigenvalue weighted by molar-refractivity contribution is 5.96. The molecule has 6 nitrogen and oxygen atoms in total. The van der Waals surface area contributed by atoms with Gasteiger partial charge in [-0.2, -0.15) is 4.98 Å². The van der Waals surface area contributed by atoms with E-state index in [9.17, 15) is 4.79 Å². The van der Waals surface area contributed by atoms with Gasteiger partial charge in [0.15, 0.2) is 0 Å². The predicted octanol–water partition coefficient (Wildman–Crippen LogP) is 1.85. The van der Waals surface area contributed by atoms with E-state index in [0.29, 0.717) is 17.9 Å². The van der Waals surface area contributed by atoms with Crippen molar-refractivity contribution in [3.8, 4) is 11.8 Å². The van der Waals surface area contributed by atoms with E-state index in [0.717, 1.165) is 5.69 Å². The molecule has 2 heterocycles. The SMILES string of the molecule is COc1ccc(C(=O)NC(C)Cc2ccccn2)c(OC)n1. The van der Waals surface area contributed by atoms with Crippen molar-refractivity contribution in [1.82, 2.24) is 15.3 Å². The van der Waals surface area contributed by atoms with Gasteiger partial charge in [0, 0.05) is 30.4 Å². The van der Waals surface area contributed by atoms with E-state index in [4.69, 9.17) is 9.47 Å². The lowest BCUT2D eigenvalue weighted by Crippen LogP contribution is -2.34. The van der Waals surface area contributed by atoms with Crippen LogP contribution in [0.25, 0.3) is 0 Å². The minimum atomic E-state index is -0.240. The van der Waals surface area contributed by atoms with Crippen molar-refractivity contribution in [2.75, 3.05) is 14.2 Å². The van der Waals surface area contributed by atoms with Crippen LogP contribution in [0.5, 0.6) is 11.8 Å². The Morgan fingerprint density at radius 1 is 1.23 bits per heavy atom. The molecular formula is C16H19N3O3. The van der Waals surface area contributed by atoms with Crippen molar-refractivity contribution in [2.24, 2.45) is 0 Å². The van der Waals surface area contributed by atoms with Gasteiger partial charge in [0.2, 0.25) is 11.8 Å². The number of rotatable bonds is 6. The van der Waals surface area contributed by atoms with Crippen molar-refractivity contribution < 1.29 is 14.3 Å². The second-order valence-electron chi connectivity index (χ2n) is 4.81.